The quantitative estimate of drug-likeness (QED) is 0.169. The number of hydrazone groups is 1. The lowest BCUT2D eigenvalue weighted by Crippen LogP contribution is -2.25. The first-order valence-electron chi connectivity index (χ1n) is 9.72. The van der Waals surface area contributed by atoms with Crippen molar-refractivity contribution in [3.8, 4) is 11.5 Å². The van der Waals surface area contributed by atoms with E-state index in [1.165, 1.54) is 24.4 Å². The lowest BCUT2D eigenvalue weighted by molar-refractivity contribution is -0.123. The van der Waals surface area contributed by atoms with Gasteiger partial charge in [0.1, 0.15) is 11.6 Å². The van der Waals surface area contributed by atoms with Gasteiger partial charge in [-0.2, -0.15) is 5.10 Å². The fraction of sp³-hybridized carbons (Fsp3) is 0.125. The summed E-state index contributed by atoms with van der Waals surface area (Å²) in [6.45, 7) is 3.58. The van der Waals surface area contributed by atoms with E-state index in [4.69, 9.17) is 9.47 Å². The highest BCUT2D eigenvalue weighted by Crippen LogP contribution is 2.32. The smallest absolute Gasteiger partial charge is 0.343 e. The van der Waals surface area contributed by atoms with Crippen LogP contribution in [0.2, 0.25) is 0 Å². The van der Waals surface area contributed by atoms with Crippen LogP contribution >= 0.6 is 31.9 Å². The summed E-state index contributed by atoms with van der Waals surface area (Å²) in [7, 11) is 0. The largest absolute Gasteiger partial charge is 0.483 e. The van der Waals surface area contributed by atoms with E-state index in [1.807, 2.05) is 32.0 Å². The van der Waals surface area contributed by atoms with Gasteiger partial charge in [-0.05, 0) is 71.2 Å². The zero-order valence-corrected chi connectivity index (χ0v) is 20.9. The van der Waals surface area contributed by atoms with Gasteiger partial charge in [0.15, 0.2) is 12.4 Å². The molecule has 6 nitrogen and oxygen atoms in total. The van der Waals surface area contributed by atoms with Gasteiger partial charge in [-0.25, -0.2) is 14.6 Å². The van der Waals surface area contributed by atoms with Gasteiger partial charge >= 0.3 is 5.97 Å². The number of halogens is 3. The molecule has 0 fully saturated rings. The number of esters is 1. The molecule has 0 unspecified atom stereocenters. The molecule has 0 aliphatic carbocycles. The molecule has 0 aliphatic rings. The SMILES string of the molecule is Cc1cccc(C)c1OCC(=O)N/N=C\c1cc(Br)cc(Br)c1OC(=O)c1cccc(F)c1. The van der Waals surface area contributed by atoms with Gasteiger partial charge in [-0.3, -0.25) is 4.79 Å². The Bertz CT molecular complexity index is 1210. The number of amides is 1. The molecule has 0 spiro atoms. The number of ether oxygens (including phenoxy) is 2. The Hall–Kier alpha value is -3.04. The molecule has 0 saturated heterocycles. The van der Waals surface area contributed by atoms with Crippen molar-refractivity contribution in [2.45, 2.75) is 13.8 Å². The van der Waals surface area contributed by atoms with Gasteiger partial charge in [0.05, 0.1) is 16.3 Å². The lowest BCUT2D eigenvalue weighted by atomic mass is 10.1. The van der Waals surface area contributed by atoms with E-state index in [0.29, 0.717) is 20.3 Å². The molecule has 33 heavy (non-hydrogen) atoms. The molecule has 0 saturated carbocycles. The highest BCUT2D eigenvalue weighted by molar-refractivity contribution is 9.11. The minimum atomic E-state index is -0.738. The van der Waals surface area contributed by atoms with Crippen LogP contribution in [0.1, 0.15) is 27.0 Å². The van der Waals surface area contributed by atoms with E-state index < -0.39 is 17.7 Å². The Kier molecular flexibility index (Phi) is 8.35. The topological polar surface area (TPSA) is 77.0 Å². The summed E-state index contributed by atoms with van der Waals surface area (Å²) in [5, 5.41) is 3.94. The average Bonchev–Trinajstić information content (AvgIpc) is 2.75. The van der Waals surface area contributed by atoms with Crippen molar-refractivity contribution in [2.24, 2.45) is 5.10 Å². The Morgan fingerprint density at radius 1 is 1.03 bits per heavy atom. The van der Waals surface area contributed by atoms with Gasteiger partial charge in [-0.15, -0.1) is 0 Å². The number of nitrogens with zero attached hydrogens (tertiary/aromatic N) is 1. The Labute approximate surface area is 207 Å². The van der Waals surface area contributed by atoms with E-state index >= 15 is 0 Å². The van der Waals surface area contributed by atoms with Crippen LogP contribution in [0.25, 0.3) is 0 Å². The summed E-state index contributed by atoms with van der Waals surface area (Å²) < 4.78 is 25.7. The highest BCUT2D eigenvalue weighted by Gasteiger charge is 2.16. The van der Waals surface area contributed by atoms with Crippen molar-refractivity contribution >= 4 is 50.0 Å². The summed E-state index contributed by atoms with van der Waals surface area (Å²) in [6, 6.07) is 14.2. The first-order valence-corrected chi connectivity index (χ1v) is 11.3. The van der Waals surface area contributed by atoms with E-state index in [2.05, 4.69) is 42.4 Å². The first-order chi connectivity index (χ1) is 15.7. The molecule has 3 aromatic rings. The Morgan fingerprint density at radius 3 is 2.42 bits per heavy atom. The normalized spacial score (nSPS) is 10.8. The summed E-state index contributed by atoms with van der Waals surface area (Å²) in [5.41, 5.74) is 4.70. The second kappa shape index (κ2) is 11.2. The van der Waals surface area contributed by atoms with Crippen LogP contribution in [0.15, 0.2) is 68.6 Å². The minimum Gasteiger partial charge on any atom is -0.483 e. The van der Waals surface area contributed by atoms with Crippen molar-refractivity contribution in [3.63, 3.8) is 0 Å². The number of hydrogen-bond donors (Lipinski definition) is 1. The van der Waals surface area contributed by atoms with E-state index in [-0.39, 0.29) is 17.9 Å². The van der Waals surface area contributed by atoms with Crippen LogP contribution in [-0.2, 0) is 4.79 Å². The van der Waals surface area contributed by atoms with Crippen molar-refractivity contribution < 1.29 is 23.5 Å². The number of para-hydroxylation sites is 1. The Balaban J connectivity index is 1.69. The molecule has 1 N–H and O–H groups in total. The van der Waals surface area contributed by atoms with Crippen LogP contribution < -0.4 is 14.9 Å². The van der Waals surface area contributed by atoms with Crippen LogP contribution in [0, 0.1) is 19.7 Å². The lowest BCUT2D eigenvalue weighted by Gasteiger charge is -2.11. The van der Waals surface area contributed by atoms with Crippen LogP contribution in [-0.4, -0.2) is 24.7 Å². The maximum absolute atomic E-state index is 13.4. The van der Waals surface area contributed by atoms with Crippen molar-refractivity contribution in [2.75, 3.05) is 6.61 Å². The molecule has 0 heterocycles. The van der Waals surface area contributed by atoms with Gasteiger partial charge in [-0.1, -0.05) is 40.2 Å². The van der Waals surface area contributed by atoms with Crippen LogP contribution in [0.5, 0.6) is 11.5 Å². The van der Waals surface area contributed by atoms with E-state index in [0.717, 1.165) is 17.2 Å². The highest BCUT2D eigenvalue weighted by atomic mass is 79.9. The third-order valence-corrected chi connectivity index (χ3v) is 5.49. The first kappa shape index (κ1) is 24.6. The number of rotatable bonds is 7. The zero-order chi connectivity index (χ0) is 24.0. The number of benzene rings is 3. The minimum absolute atomic E-state index is 0.0599. The third-order valence-electron chi connectivity index (χ3n) is 4.44. The number of hydrogen-bond acceptors (Lipinski definition) is 5. The molecule has 0 radical (unpaired) electrons. The van der Waals surface area contributed by atoms with Gasteiger partial charge in [0.25, 0.3) is 5.91 Å². The van der Waals surface area contributed by atoms with Crippen molar-refractivity contribution in [1.29, 1.82) is 0 Å². The summed E-state index contributed by atoms with van der Waals surface area (Å²) in [5.74, 6) is -0.928. The molecule has 0 bridgehead atoms. The monoisotopic (exact) mass is 576 g/mol. The predicted octanol–water partition coefficient (Wildman–Crippen LogP) is 5.72. The molecule has 170 valence electrons. The fourth-order valence-corrected chi connectivity index (χ4v) is 4.26. The molecule has 0 aliphatic heterocycles. The predicted molar refractivity (Wildman–Crippen MR) is 130 cm³/mol. The van der Waals surface area contributed by atoms with E-state index in [1.54, 1.807) is 12.1 Å². The second-order valence-electron chi connectivity index (χ2n) is 7.01. The third kappa shape index (κ3) is 6.72. The molecule has 9 heteroatoms. The van der Waals surface area contributed by atoms with Crippen LogP contribution in [0.4, 0.5) is 4.39 Å². The molecular weight excluding hydrogens is 559 g/mol. The molecule has 3 aromatic carbocycles. The summed E-state index contributed by atoms with van der Waals surface area (Å²) >= 11 is 6.71. The van der Waals surface area contributed by atoms with Crippen molar-refractivity contribution in [3.05, 3.63) is 91.6 Å². The molecule has 1 amide bonds. The molecule has 0 aromatic heterocycles. The van der Waals surface area contributed by atoms with Crippen molar-refractivity contribution in [1.82, 2.24) is 5.43 Å². The van der Waals surface area contributed by atoms with Gasteiger partial charge in [0, 0.05) is 10.0 Å². The number of aryl methyl sites for hydroxylation is 2. The van der Waals surface area contributed by atoms with Crippen LogP contribution in [0.3, 0.4) is 0 Å². The van der Waals surface area contributed by atoms with Gasteiger partial charge < -0.3 is 9.47 Å². The Morgan fingerprint density at radius 2 is 1.73 bits per heavy atom. The summed E-state index contributed by atoms with van der Waals surface area (Å²) in [6.07, 6.45) is 1.33. The molecule has 3 rings (SSSR count). The number of carbonyl (C=O) groups is 2. The average molecular weight is 578 g/mol. The standard InChI is InChI=1S/C24H19Br2FN2O4/c1-14-5-3-6-15(2)22(14)32-13-21(30)29-28-12-17-9-18(25)11-20(26)23(17)33-24(31)16-7-4-8-19(27)10-16/h3-12H,13H2,1-2H3,(H,29,30)/b28-12-. The maximum Gasteiger partial charge on any atom is 0.343 e. The number of carbonyl (C=O) groups excluding carboxylic acids is 2. The zero-order valence-electron chi connectivity index (χ0n) is 17.7. The fourth-order valence-electron chi connectivity index (χ4n) is 2.92. The second-order valence-corrected chi connectivity index (χ2v) is 8.78. The van der Waals surface area contributed by atoms with Gasteiger partial charge in [0.2, 0.25) is 0 Å². The molecule has 0 atom stereocenters. The summed E-state index contributed by atoms with van der Waals surface area (Å²) in [4.78, 5) is 24.6. The maximum atomic E-state index is 13.4. The number of nitrogens with one attached hydrogen (secondary N) is 1. The van der Waals surface area contributed by atoms with E-state index in [9.17, 15) is 14.0 Å². The molecular formula is C24H19Br2FN2O4.